The molecule has 0 unspecified atom stereocenters. The van der Waals surface area contributed by atoms with Crippen molar-refractivity contribution in [2.24, 2.45) is 0 Å². The minimum atomic E-state index is 0.491. The molecule has 3 aromatic rings. The minimum Gasteiger partial charge on any atom is -0.497 e. The predicted octanol–water partition coefficient (Wildman–Crippen LogP) is 5.64. The van der Waals surface area contributed by atoms with Crippen molar-refractivity contribution < 1.29 is 9.47 Å². The number of thiazole rings is 1. The zero-order valence-electron chi connectivity index (χ0n) is 14.6. The third-order valence-electron chi connectivity index (χ3n) is 3.79. The van der Waals surface area contributed by atoms with Crippen molar-refractivity contribution in [1.82, 2.24) is 4.98 Å². The van der Waals surface area contributed by atoms with Crippen LogP contribution in [0.3, 0.4) is 0 Å². The van der Waals surface area contributed by atoms with Gasteiger partial charge in [-0.3, -0.25) is 0 Å². The highest BCUT2D eigenvalue weighted by Gasteiger charge is 2.07. The molecule has 1 heterocycles. The molecule has 2 aromatic carbocycles. The van der Waals surface area contributed by atoms with Crippen molar-refractivity contribution >= 4 is 23.1 Å². The number of benzene rings is 2. The molecule has 3 rings (SSSR count). The fraction of sp³-hybridized carbons (Fsp3) is 0.250. The van der Waals surface area contributed by atoms with Gasteiger partial charge in [0.15, 0.2) is 0 Å². The molecule has 3 nitrogen and oxygen atoms in total. The summed E-state index contributed by atoms with van der Waals surface area (Å²) < 4.78 is 10.9. The van der Waals surface area contributed by atoms with Gasteiger partial charge in [0.1, 0.15) is 23.1 Å². The number of hydrogen-bond acceptors (Lipinski definition) is 5. The SMILES string of the molecule is COc1ccc(OCc2nc(CSc3c(C)cccc3C)cs2)cc1. The fourth-order valence-corrected chi connectivity index (χ4v) is 4.31. The van der Waals surface area contributed by atoms with E-state index in [-0.39, 0.29) is 0 Å². The van der Waals surface area contributed by atoms with E-state index in [1.54, 1.807) is 18.4 Å². The number of ether oxygens (including phenoxy) is 2. The molecule has 0 radical (unpaired) electrons. The van der Waals surface area contributed by atoms with Crippen LogP contribution in [0.1, 0.15) is 21.8 Å². The topological polar surface area (TPSA) is 31.4 Å². The van der Waals surface area contributed by atoms with Crippen molar-refractivity contribution in [3.8, 4) is 11.5 Å². The summed E-state index contributed by atoms with van der Waals surface area (Å²) in [4.78, 5) is 6.03. The van der Waals surface area contributed by atoms with Gasteiger partial charge in [0.25, 0.3) is 0 Å². The normalized spacial score (nSPS) is 10.7. The highest BCUT2D eigenvalue weighted by atomic mass is 32.2. The van der Waals surface area contributed by atoms with Gasteiger partial charge in [-0.2, -0.15) is 0 Å². The lowest BCUT2D eigenvalue weighted by molar-refractivity contribution is 0.304. The van der Waals surface area contributed by atoms with Crippen LogP contribution in [-0.2, 0) is 12.4 Å². The molecular weight excluding hydrogens is 350 g/mol. The molecule has 0 saturated carbocycles. The molecule has 25 heavy (non-hydrogen) atoms. The van der Waals surface area contributed by atoms with E-state index >= 15 is 0 Å². The van der Waals surface area contributed by atoms with Crippen LogP contribution in [0.25, 0.3) is 0 Å². The second-order valence-corrected chi connectivity index (χ2v) is 7.63. The molecule has 0 spiro atoms. The third-order valence-corrected chi connectivity index (χ3v) is 6.04. The van der Waals surface area contributed by atoms with Gasteiger partial charge in [0.05, 0.1) is 12.8 Å². The van der Waals surface area contributed by atoms with Crippen molar-refractivity contribution in [2.75, 3.05) is 7.11 Å². The van der Waals surface area contributed by atoms with Gasteiger partial charge in [-0.1, -0.05) is 18.2 Å². The number of rotatable bonds is 7. The Kier molecular flexibility index (Phi) is 6.00. The molecule has 0 saturated heterocycles. The summed E-state index contributed by atoms with van der Waals surface area (Å²) in [5.41, 5.74) is 3.75. The maximum atomic E-state index is 5.79. The van der Waals surface area contributed by atoms with E-state index in [1.807, 2.05) is 36.0 Å². The molecule has 0 atom stereocenters. The molecule has 0 fully saturated rings. The lowest BCUT2D eigenvalue weighted by atomic mass is 10.2. The van der Waals surface area contributed by atoms with Crippen LogP contribution in [0.15, 0.2) is 52.7 Å². The summed E-state index contributed by atoms with van der Waals surface area (Å²) >= 11 is 3.49. The molecule has 0 aliphatic rings. The summed E-state index contributed by atoms with van der Waals surface area (Å²) in [6.07, 6.45) is 0. The number of nitrogens with zero attached hydrogens (tertiary/aromatic N) is 1. The average molecular weight is 372 g/mol. The first-order chi connectivity index (χ1) is 12.2. The van der Waals surface area contributed by atoms with Gasteiger partial charge in [0.2, 0.25) is 0 Å². The number of thioether (sulfide) groups is 1. The van der Waals surface area contributed by atoms with Crippen LogP contribution in [0, 0.1) is 13.8 Å². The molecule has 0 amide bonds. The molecule has 0 aliphatic carbocycles. The van der Waals surface area contributed by atoms with Gasteiger partial charge in [-0.25, -0.2) is 4.98 Å². The molecule has 0 aliphatic heterocycles. The summed E-state index contributed by atoms with van der Waals surface area (Å²) in [6.45, 7) is 4.81. The number of hydrogen-bond donors (Lipinski definition) is 0. The zero-order valence-corrected chi connectivity index (χ0v) is 16.2. The largest absolute Gasteiger partial charge is 0.497 e. The lowest BCUT2D eigenvalue weighted by Gasteiger charge is -2.07. The summed E-state index contributed by atoms with van der Waals surface area (Å²) in [7, 11) is 1.66. The summed E-state index contributed by atoms with van der Waals surface area (Å²) in [5.74, 6) is 2.53. The van der Waals surface area contributed by atoms with Gasteiger partial charge in [-0.15, -0.1) is 23.1 Å². The number of aromatic nitrogens is 1. The molecule has 1 aromatic heterocycles. The maximum Gasteiger partial charge on any atom is 0.140 e. The minimum absolute atomic E-state index is 0.491. The van der Waals surface area contributed by atoms with Crippen LogP contribution in [-0.4, -0.2) is 12.1 Å². The highest BCUT2D eigenvalue weighted by Crippen LogP contribution is 2.29. The predicted molar refractivity (Wildman–Crippen MR) is 105 cm³/mol. The van der Waals surface area contributed by atoms with E-state index in [4.69, 9.17) is 9.47 Å². The first-order valence-electron chi connectivity index (χ1n) is 8.05. The Morgan fingerprint density at radius 1 is 1.00 bits per heavy atom. The molecule has 130 valence electrons. The van der Waals surface area contributed by atoms with Crippen molar-refractivity contribution in [3.05, 3.63) is 69.7 Å². The Morgan fingerprint density at radius 3 is 2.36 bits per heavy atom. The van der Waals surface area contributed by atoms with E-state index in [2.05, 4.69) is 42.4 Å². The third kappa shape index (κ3) is 4.77. The quantitative estimate of drug-likeness (QED) is 0.503. The summed E-state index contributed by atoms with van der Waals surface area (Å²) in [6, 6.07) is 14.0. The van der Waals surface area contributed by atoms with Crippen molar-refractivity contribution in [3.63, 3.8) is 0 Å². The molecule has 5 heteroatoms. The van der Waals surface area contributed by atoms with E-state index in [9.17, 15) is 0 Å². The molecule has 0 bridgehead atoms. The van der Waals surface area contributed by atoms with Crippen LogP contribution >= 0.6 is 23.1 Å². The fourth-order valence-electron chi connectivity index (χ4n) is 2.47. The first kappa shape index (κ1) is 17.8. The first-order valence-corrected chi connectivity index (χ1v) is 9.91. The molecule has 0 N–H and O–H groups in total. The van der Waals surface area contributed by atoms with E-state index < -0.39 is 0 Å². The van der Waals surface area contributed by atoms with Crippen LogP contribution in [0.4, 0.5) is 0 Å². The van der Waals surface area contributed by atoms with Gasteiger partial charge in [0, 0.05) is 16.0 Å². The second kappa shape index (κ2) is 8.41. The highest BCUT2D eigenvalue weighted by molar-refractivity contribution is 7.98. The Labute approximate surface area is 157 Å². The van der Waals surface area contributed by atoms with Gasteiger partial charge >= 0.3 is 0 Å². The van der Waals surface area contributed by atoms with Crippen LogP contribution in [0.2, 0.25) is 0 Å². The van der Waals surface area contributed by atoms with E-state index in [0.717, 1.165) is 28.0 Å². The van der Waals surface area contributed by atoms with Gasteiger partial charge < -0.3 is 9.47 Å². The Hall–Kier alpha value is -1.98. The van der Waals surface area contributed by atoms with E-state index in [0.29, 0.717) is 6.61 Å². The van der Waals surface area contributed by atoms with Crippen LogP contribution < -0.4 is 9.47 Å². The van der Waals surface area contributed by atoms with Gasteiger partial charge in [-0.05, 0) is 49.2 Å². The maximum absolute atomic E-state index is 5.79. The van der Waals surface area contributed by atoms with E-state index in [1.165, 1.54) is 16.0 Å². The van der Waals surface area contributed by atoms with Crippen LogP contribution in [0.5, 0.6) is 11.5 Å². The Morgan fingerprint density at radius 2 is 1.68 bits per heavy atom. The second-order valence-electron chi connectivity index (χ2n) is 5.71. The summed E-state index contributed by atoms with van der Waals surface area (Å²) in [5, 5.41) is 3.11. The molecular formula is C20H21NO2S2. The monoisotopic (exact) mass is 371 g/mol. The number of methoxy groups -OCH3 is 1. The lowest BCUT2D eigenvalue weighted by Crippen LogP contribution is -1.95. The van der Waals surface area contributed by atoms with Crippen molar-refractivity contribution in [2.45, 2.75) is 31.1 Å². The van der Waals surface area contributed by atoms with Crippen molar-refractivity contribution in [1.29, 1.82) is 0 Å². The average Bonchev–Trinajstić information content (AvgIpc) is 3.08. The Balaban J connectivity index is 1.55. The number of aryl methyl sites for hydroxylation is 2. The Bertz CT molecular complexity index is 808. The zero-order chi connectivity index (χ0) is 17.6. The smallest absolute Gasteiger partial charge is 0.140 e. The standard InChI is InChI=1S/C20H21NO2S2/c1-14-5-4-6-15(2)20(14)25-13-16-12-24-19(21-16)11-23-18-9-7-17(22-3)8-10-18/h4-10,12H,11,13H2,1-3H3.